The van der Waals surface area contributed by atoms with Crippen LogP contribution in [0.1, 0.15) is 89.0 Å². The van der Waals surface area contributed by atoms with Crippen LogP contribution in [-0.2, 0) is 24.0 Å². The minimum Gasteiger partial charge on any atom is -0.368 e. The van der Waals surface area contributed by atoms with Crippen molar-refractivity contribution in [2.75, 3.05) is 26.2 Å². The molecule has 5 N–H and O–H groups in total. The summed E-state index contributed by atoms with van der Waals surface area (Å²) in [6.45, 7) is 26.3. The third kappa shape index (κ3) is 16.8. The van der Waals surface area contributed by atoms with Gasteiger partial charge in [0.1, 0.15) is 6.04 Å². The second kappa shape index (κ2) is 18.6. The van der Waals surface area contributed by atoms with Gasteiger partial charge in [-0.05, 0) is 41.4 Å². The second-order valence-corrected chi connectivity index (χ2v) is 12.8. The summed E-state index contributed by atoms with van der Waals surface area (Å²) < 4.78 is 0. The number of likely N-dealkylation sites (tertiary alicyclic amines) is 1. The van der Waals surface area contributed by atoms with Crippen LogP contribution in [0.5, 0.6) is 0 Å². The number of carbonyl (C=O) groups excluding carboxylic acids is 5. The molecule has 4 unspecified atom stereocenters. The average Bonchev–Trinajstić information content (AvgIpc) is 3.21. The van der Waals surface area contributed by atoms with E-state index in [4.69, 9.17) is 5.73 Å². The molecule has 0 spiro atoms. The molecule has 1 aliphatic carbocycles. The maximum Gasteiger partial charge on any atom is 0.241 e. The fourth-order valence-electron chi connectivity index (χ4n) is 4.08. The Hall–Kier alpha value is -2.65. The number of nitrogens with two attached hydrogens (primary N) is 1. The van der Waals surface area contributed by atoms with Crippen molar-refractivity contribution in [2.45, 2.75) is 95.0 Å². The number of piperidine rings is 1. The average molecular weight is 556 g/mol. The van der Waals surface area contributed by atoms with E-state index in [-0.39, 0.29) is 30.7 Å². The summed E-state index contributed by atoms with van der Waals surface area (Å²) in [6, 6.07) is -0.749. The largest absolute Gasteiger partial charge is 0.368 e. The van der Waals surface area contributed by atoms with Gasteiger partial charge in [-0.3, -0.25) is 24.0 Å². The molecule has 3 fully saturated rings. The van der Waals surface area contributed by atoms with E-state index in [1.165, 1.54) is 0 Å². The number of amides is 5. The van der Waals surface area contributed by atoms with Gasteiger partial charge in [0.05, 0.1) is 6.54 Å². The van der Waals surface area contributed by atoms with E-state index in [0.29, 0.717) is 48.5 Å². The highest BCUT2D eigenvalue weighted by Gasteiger charge is 2.62. The molecule has 39 heavy (non-hydrogen) atoms. The Balaban J connectivity index is 0. The number of nitrogens with one attached hydrogen (secondary N) is 3. The number of fused-ring (bicyclic) bond motifs is 1. The molecule has 2 saturated heterocycles. The Bertz CT molecular complexity index is 741. The summed E-state index contributed by atoms with van der Waals surface area (Å²) in [7, 11) is 0. The first kappa shape index (κ1) is 38.5. The van der Waals surface area contributed by atoms with Gasteiger partial charge in [-0.2, -0.15) is 0 Å². The van der Waals surface area contributed by atoms with E-state index >= 15 is 0 Å². The molecule has 0 aromatic carbocycles. The predicted octanol–water partition coefficient (Wildman–Crippen LogP) is 2.70. The van der Waals surface area contributed by atoms with Crippen molar-refractivity contribution in [1.82, 2.24) is 20.9 Å². The van der Waals surface area contributed by atoms with E-state index in [2.05, 4.69) is 78.3 Å². The van der Waals surface area contributed by atoms with Crippen LogP contribution in [0.15, 0.2) is 0 Å². The third-order valence-corrected chi connectivity index (χ3v) is 6.11. The molecule has 10 nitrogen and oxygen atoms in total. The Morgan fingerprint density at radius 3 is 1.87 bits per heavy atom. The standard InChI is InChI=1S/C10H16N2O2.C8H13N3O3.C5H12.C4H10.C2H6/c1-10(2)7-4-12(5-8(7)10)9(14)3-11-6-13;9-7(13)6(11-4-12)3-5-1-2-10-8(5)14;1-5(2,3)4;1-4(2)3;1-2/h6-8H,3-5H2,1-2H3,(H,11,13);4-6H,1-3H2,(H2,9,13)(H,10,14)(H,11,12);1-4H3;4H,1-3H3;1-2H3. The summed E-state index contributed by atoms with van der Waals surface area (Å²) in [6.07, 6.45) is 1.95. The topological polar surface area (TPSA) is 151 Å². The summed E-state index contributed by atoms with van der Waals surface area (Å²) in [5, 5.41) is 7.35. The number of hydrogen-bond donors (Lipinski definition) is 4. The van der Waals surface area contributed by atoms with Crippen molar-refractivity contribution in [3.8, 4) is 0 Å². The minimum atomic E-state index is -0.749. The van der Waals surface area contributed by atoms with Gasteiger partial charge in [0.15, 0.2) is 0 Å². The first-order chi connectivity index (χ1) is 17.9. The van der Waals surface area contributed by atoms with Gasteiger partial charge >= 0.3 is 0 Å². The van der Waals surface area contributed by atoms with Crippen LogP contribution in [0.2, 0.25) is 0 Å². The maximum absolute atomic E-state index is 11.5. The van der Waals surface area contributed by atoms with Gasteiger partial charge in [0.2, 0.25) is 30.5 Å². The number of nitrogens with zero attached hydrogens (tertiary/aromatic N) is 1. The van der Waals surface area contributed by atoms with Gasteiger partial charge in [0.25, 0.3) is 0 Å². The Kier molecular flexibility index (Phi) is 18.4. The molecule has 0 aromatic rings. The Morgan fingerprint density at radius 1 is 1.08 bits per heavy atom. The van der Waals surface area contributed by atoms with Crippen molar-refractivity contribution < 1.29 is 24.0 Å². The lowest BCUT2D eigenvalue weighted by Gasteiger charge is -2.21. The van der Waals surface area contributed by atoms with E-state index < -0.39 is 11.9 Å². The molecule has 0 radical (unpaired) electrons. The molecule has 10 heteroatoms. The van der Waals surface area contributed by atoms with Crippen molar-refractivity contribution in [3.05, 3.63) is 0 Å². The highest BCUT2D eigenvalue weighted by atomic mass is 16.2. The number of carbonyl (C=O) groups is 5. The van der Waals surface area contributed by atoms with Gasteiger partial charge < -0.3 is 26.6 Å². The van der Waals surface area contributed by atoms with Crippen LogP contribution < -0.4 is 21.7 Å². The molecule has 4 atom stereocenters. The maximum atomic E-state index is 11.5. The van der Waals surface area contributed by atoms with Gasteiger partial charge in [-0.1, -0.05) is 76.2 Å². The first-order valence-electron chi connectivity index (χ1n) is 14.2. The molecule has 2 heterocycles. The molecule has 2 aliphatic heterocycles. The Labute approximate surface area is 237 Å². The highest BCUT2D eigenvalue weighted by Crippen LogP contribution is 2.61. The van der Waals surface area contributed by atoms with E-state index in [1.807, 2.05) is 18.7 Å². The zero-order valence-corrected chi connectivity index (χ0v) is 26.3. The number of hydrogen-bond acceptors (Lipinski definition) is 5. The van der Waals surface area contributed by atoms with Gasteiger partial charge in [-0.15, -0.1) is 0 Å². The van der Waals surface area contributed by atoms with Crippen LogP contribution in [0.3, 0.4) is 0 Å². The fourth-order valence-corrected chi connectivity index (χ4v) is 4.08. The smallest absolute Gasteiger partial charge is 0.241 e. The van der Waals surface area contributed by atoms with Crippen molar-refractivity contribution >= 4 is 30.5 Å². The van der Waals surface area contributed by atoms with Gasteiger partial charge in [0, 0.05) is 25.6 Å². The molecular weight excluding hydrogens is 498 g/mol. The quantitative estimate of drug-likeness (QED) is 0.340. The highest BCUT2D eigenvalue weighted by molar-refractivity contribution is 5.85. The molecule has 228 valence electrons. The third-order valence-electron chi connectivity index (χ3n) is 6.11. The predicted molar refractivity (Wildman–Crippen MR) is 156 cm³/mol. The first-order valence-corrected chi connectivity index (χ1v) is 14.2. The summed E-state index contributed by atoms with van der Waals surface area (Å²) in [4.78, 5) is 55.5. The van der Waals surface area contributed by atoms with Gasteiger partial charge in [-0.25, -0.2) is 0 Å². The number of primary amides is 1. The second-order valence-electron chi connectivity index (χ2n) is 12.8. The lowest BCUT2D eigenvalue weighted by Crippen LogP contribution is -2.42. The molecule has 5 amide bonds. The SMILES string of the molecule is CC.CC(C)(C)C.CC(C)C.CC1(C)C2CN(C(=O)CNC=O)CC21.NC(=O)C(CC1CCNC1=O)NC=O. The van der Waals surface area contributed by atoms with Crippen LogP contribution >= 0.6 is 0 Å². The lowest BCUT2D eigenvalue weighted by molar-refractivity contribution is -0.131. The lowest BCUT2D eigenvalue weighted by atomic mass is 9.98. The summed E-state index contributed by atoms with van der Waals surface area (Å²) in [5.41, 5.74) is 5.99. The molecule has 3 rings (SSSR count). The molecule has 0 aromatic heterocycles. The van der Waals surface area contributed by atoms with Crippen molar-refractivity contribution in [2.24, 2.45) is 40.2 Å². The van der Waals surface area contributed by atoms with E-state index in [9.17, 15) is 24.0 Å². The van der Waals surface area contributed by atoms with Crippen LogP contribution in [-0.4, -0.2) is 67.7 Å². The van der Waals surface area contributed by atoms with Crippen LogP contribution in [0, 0.1) is 34.5 Å². The normalized spacial score (nSPS) is 22.3. The molecule has 0 bridgehead atoms. The zero-order chi connectivity index (χ0) is 31.0. The minimum absolute atomic E-state index is 0.0418. The van der Waals surface area contributed by atoms with E-state index in [0.717, 1.165) is 19.0 Å². The van der Waals surface area contributed by atoms with Crippen molar-refractivity contribution in [1.29, 1.82) is 0 Å². The van der Waals surface area contributed by atoms with E-state index in [1.54, 1.807) is 0 Å². The Morgan fingerprint density at radius 2 is 1.54 bits per heavy atom. The molecular formula is C29H57N5O5. The fraction of sp³-hybridized carbons (Fsp3) is 0.828. The molecule has 1 saturated carbocycles. The zero-order valence-electron chi connectivity index (χ0n) is 26.3. The summed E-state index contributed by atoms with van der Waals surface area (Å²) in [5.74, 6) is 1.33. The van der Waals surface area contributed by atoms with Crippen molar-refractivity contribution in [3.63, 3.8) is 0 Å². The number of rotatable bonds is 8. The molecule has 3 aliphatic rings. The monoisotopic (exact) mass is 555 g/mol. The summed E-state index contributed by atoms with van der Waals surface area (Å²) >= 11 is 0. The van der Waals surface area contributed by atoms with Crippen LogP contribution in [0.25, 0.3) is 0 Å². The van der Waals surface area contributed by atoms with Crippen LogP contribution in [0.4, 0.5) is 0 Å².